The monoisotopic (exact) mass is 349 g/mol. The second kappa shape index (κ2) is 7.22. The van der Waals surface area contributed by atoms with Gasteiger partial charge in [0.05, 0.1) is 0 Å². The smallest absolute Gasteiger partial charge is 0.267 e. The van der Waals surface area contributed by atoms with Gasteiger partial charge >= 0.3 is 0 Å². The number of nitrogens with one attached hydrogen (secondary N) is 3. The number of benzene rings is 2. The number of hydrogen-bond donors (Lipinski definition) is 3. The highest BCUT2D eigenvalue weighted by Gasteiger charge is 2.18. The summed E-state index contributed by atoms with van der Waals surface area (Å²) in [6, 6.07) is 15.8. The number of carbonyl (C=O) groups is 1. The van der Waals surface area contributed by atoms with Gasteiger partial charge in [-0.05, 0) is 63.2 Å². The van der Waals surface area contributed by atoms with Crippen LogP contribution in [0.5, 0.6) is 11.5 Å². The van der Waals surface area contributed by atoms with E-state index in [1.165, 1.54) is 5.56 Å². The van der Waals surface area contributed by atoms with Crippen LogP contribution in [0.3, 0.4) is 0 Å². The van der Waals surface area contributed by atoms with Crippen LogP contribution in [-0.4, -0.2) is 30.0 Å². The lowest BCUT2D eigenvalue weighted by Gasteiger charge is -2.23. The van der Waals surface area contributed by atoms with Gasteiger partial charge in [-0.25, -0.2) is 0 Å². The molecule has 5 nitrogen and oxygen atoms in total. The van der Waals surface area contributed by atoms with E-state index in [-0.39, 0.29) is 11.9 Å². The third-order valence-electron chi connectivity index (χ3n) is 4.79. The lowest BCUT2D eigenvalue weighted by Crippen LogP contribution is -2.42. The Morgan fingerprint density at radius 1 is 1.12 bits per heavy atom. The number of ether oxygens (including phenoxy) is 1. The highest BCUT2D eigenvalue weighted by molar-refractivity contribution is 5.99. The van der Waals surface area contributed by atoms with Gasteiger partial charge in [-0.3, -0.25) is 4.79 Å². The minimum absolute atomic E-state index is 0.0608. The van der Waals surface area contributed by atoms with Crippen LogP contribution in [0.2, 0.25) is 0 Å². The first-order chi connectivity index (χ1) is 12.7. The van der Waals surface area contributed by atoms with Gasteiger partial charge in [-0.15, -0.1) is 0 Å². The van der Waals surface area contributed by atoms with Crippen LogP contribution in [0, 0.1) is 6.92 Å². The molecule has 4 rings (SSSR count). The molecule has 134 valence electrons. The average molecular weight is 349 g/mol. The lowest BCUT2D eigenvalue weighted by atomic mass is 10.1. The van der Waals surface area contributed by atoms with E-state index in [2.05, 4.69) is 15.6 Å². The highest BCUT2D eigenvalue weighted by Crippen LogP contribution is 2.30. The van der Waals surface area contributed by atoms with E-state index in [9.17, 15) is 4.79 Å². The van der Waals surface area contributed by atoms with E-state index in [4.69, 9.17) is 4.74 Å². The Labute approximate surface area is 152 Å². The van der Waals surface area contributed by atoms with Gasteiger partial charge < -0.3 is 20.4 Å². The summed E-state index contributed by atoms with van der Waals surface area (Å²) in [5.74, 6) is 1.46. The molecule has 0 spiro atoms. The molecule has 0 saturated carbocycles. The minimum atomic E-state index is -0.0608. The van der Waals surface area contributed by atoms with Crippen LogP contribution in [0.25, 0.3) is 10.9 Å². The van der Waals surface area contributed by atoms with Crippen LogP contribution in [0.4, 0.5) is 0 Å². The molecule has 0 atom stereocenters. The van der Waals surface area contributed by atoms with Crippen molar-refractivity contribution in [1.29, 1.82) is 0 Å². The van der Waals surface area contributed by atoms with E-state index >= 15 is 0 Å². The summed E-state index contributed by atoms with van der Waals surface area (Å²) in [6.45, 7) is 3.95. The highest BCUT2D eigenvalue weighted by atomic mass is 16.5. The first-order valence-corrected chi connectivity index (χ1v) is 9.07. The van der Waals surface area contributed by atoms with Gasteiger partial charge in [0.15, 0.2) is 0 Å². The van der Waals surface area contributed by atoms with Crippen molar-refractivity contribution < 1.29 is 9.53 Å². The third kappa shape index (κ3) is 3.58. The molecular formula is C21H23N3O2. The van der Waals surface area contributed by atoms with Crippen LogP contribution in [0.1, 0.15) is 28.9 Å². The average Bonchev–Trinajstić information content (AvgIpc) is 3.10. The van der Waals surface area contributed by atoms with Crippen LogP contribution >= 0.6 is 0 Å². The van der Waals surface area contributed by atoms with Crippen LogP contribution in [-0.2, 0) is 0 Å². The van der Waals surface area contributed by atoms with Crippen molar-refractivity contribution in [2.75, 3.05) is 13.1 Å². The standard InChI is InChI=1S/C21H23N3O2/c1-14-5-7-16(8-6-14)26-20-4-2-3-18-17(20)13-19(24-18)21(25)23-15-9-11-22-12-10-15/h2-8,13,15,22,24H,9-12H2,1H3,(H,23,25). The van der Waals surface area contributed by atoms with Crippen molar-refractivity contribution in [1.82, 2.24) is 15.6 Å². The maximum atomic E-state index is 12.6. The van der Waals surface area contributed by atoms with E-state index in [1.807, 2.05) is 55.5 Å². The normalized spacial score (nSPS) is 15.1. The molecule has 3 aromatic rings. The number of H-pyrrole nitrogens is 1. The maximum absolute atomic E-state index is 12.6. The molecule has 1 aromatic heterocycles. The summed E-state index contributed by atoms with van der Waals surface area (Å²) < 4.78 is 6.03. The van der Waals surface area contributed by atoms with Crippen molar-refractivity contribution >= 4 is 16.8 Å². The number of hydrogen-bond acceptors (Lipinski definition) is 3. The Balaban J connectivity index is 1.56. The van der Waals surface area contributed by atoms with Gasteiger partial charge in [0.2, 0.25) is 0 Å². The minimum Gasteiger partial charge on any atom is -0.457 e. The molecule has 1 aliphatic heterocycles. The van der Waals surface area contributed by atoms with Gasteiger partial charge in [-0.1, -0.05) is 23.8 Å². The van der Waals surface area contributed by atoms with E-state index < -0.39 is 0 Å². The fourth-order valence-electron chi connectivity index (χ4n) is 3.30. The summed E-state index contributed by atoms with van der Waals surface area (Å²) in [5.41, 5.74) is 2.65. The summed E-state index contributed by atoms with van der Waals surface area (Å²) in [7, 11) is 0. The molecule has 1 aliphatic rings. The Bertz CT molecular complexity index is 909. The van der Waals surface area contributed by atoms with Crippen molar-refractivity contribution in [3.63, 3.8) is 0 Å². The van der Waals surface area contributed by atoms with E-state index in [0.717, 1.165) is 48.3 Å². The Kier molecular flexibility index (Phi) is 4.63. The number of amides is 1. The number of aryl methyl sites for hydroxylation is 1. The van der Waals surface area contributed by atoms with Gasteiger partial charge in [-0.2, -0.15) is 0 Å². The molecule has 1 amide bonds. The summed E-state index contributed by atoms with van der Waals surface area (Å²) in [4.78, 5) is 15.8. The first-order valence-electron chi connectivity index (χ1n) is 9.07. The molecule has 2 aromatic carbocycles. The molecule has 0 bridgehead atoms. The third-order valence-corrected chi connectivity index (χ3v) is 4.79. The van der Waals surface area contributed by atoms with Gasteiger partial charge in [0, 0.05) is 16.9 Å². The zero-order valence-corrected chi connectivity index (χ0v) is 14.8. The number of aromatic amines is 1. The fourth-order valence-corrected chi connectivity index (χ4v) is 3.30. The van der Waals surface area contributed by atoms with Crippen molar-refractivity contribution in [3.05, 3.63) is 59.8 Å². The number of rotatable bonds is 4. The summed E-state index contributed by atoms with van der Waals surface area (Å²) in [5, 5.41) is 7.33. The number of aromatic nitrogens is 1. The van der Waals surface area contributed by atoms with E-state index in [1.54, 1.807) is 0 Å². The Morgan fingerprint density at radius 2 is 1.88 bits per heavy atom. The molecular weight excluding hydrogens is 326 g/mol. The van der Waals surface area contributed by atoms with Crippen molar-refractivity contribution in [3.8, 4) is 11.5 Å². The second-order valence-electron chi connectivity index (χ2n) is 6.81. The SMILES string of the molecule is Cc1ccc(Oc2cccc3[nH]c(C(=O)NC4CCNCC4)cc23)cc1. The molecule has 1 fully saturated rings. The molecule has 3 N–H and O–H groups in total. The number of piperidine rings is 1. The molecule has 1 saturated heterocycles. The molecule has 0 radical (unpaired) electrons. The predicted octanol–water partition coefficient (Wildman–Crippen LogP) is 3.75. The Morgan fingerprint density at radius 3 is 2.65 bits per heavy atom. The Hall–Kier alpha value is -2.79. The zero-order valence-electron chi connectivity index (χ0n) is 14.8. The van der Waals surface area contributed by atoms with E-state index in [0.29, 0.717) is 5.69 Å². The first kappa shape index (κ1) is 16.7. The maximum Gasteiger partial charge on any atom is 0.267 e. The van der Waals surface area contributed by atoms with Gasteiger partial charge in [0.1, 0.15) is 17.2 Å². The number of carbonyl (C=O) groups excluding carboxylic acids is 1. The molecule has 26 heavy (non-hydrogen) atoms. The molecule has 0 unspecified atom stereocenters. The van der Waals surface area contributed by atoms with Crippen molar-refractivity contribution in [2.24, 2.45) is 0 Å². The number of fused-ring (bicyclic) bond motifs is 1. The molecule has 2 heterocycles. The summed E-state index contributed by atoms with van der Waals surface area (Å²) in [6.07, 6.45) is 1.93. The van der Waals surface area contributed by atoms with Crippen molar-refractivity contribution in [2.45, 2.75) is 25.8 Å². The zero-order chi connectivity index (χ0) is 17.9. The quantitative estimate of drug-likeness (QED) is 0.672. The van der Waals surface area contributed by atoms with Crippen LogP contribution in [0.15, 0.2) is 48.5 Å². The second-order valence-corrected chi connectivity index (χ2v) is 6.81. The van der Waals surface area contributed by atoms with Crippen LogP contribution < -0.4 is 15.4 Å². The summed E-state index contributed by atoms with van der Waals surface area (Å²) >= 11 is 0. The molecule has 5 heteroatoms. The largest absolute Gasteiger partial charge is 0.457 e. The molecule has 0 aliphatic carbocycles. The predicted molar refractivity (Wildman–Crippen MR) is 103 cm³/mol. The lowest BCUT2D eigenvalue weighted by molar-refractivity contribution is 0.0925. The van der Waals surface area contributed by atoms with Gasteiger partial charge in [0.25, 0.3) is 5.91 Å². The fraction of sp³-hybridized carbons (Fsp3) is 0.286. The topological polar surface area (TPSA) is 66.2 Å².